The number of hydrogen-bond donors (Lipinski definition) is 1. The van der Waals surface area contributed by atoms with E-state index in [9.17, 15) is 19.5 Å². The number of esters is 1. The number of benzene rings is 2. The highest BCUT2D eigenvalue weighted by atomic mass is 31.2. The van der Waals surface area contributed by atoms with Gasteiger partial charge >= 0.3 is 13.7 Å². The number of non-ortho nitro benzene ring substituents is 1. The second kappa shape index (κ2) is 9.34. The Balaban J connectivity index is 2.23. The van der Waals surface area contributed by atoms with E-state index in [1.54, 1.807) is 44.2 Å². The summed E-state index contributed by atoms with van der Waals surface area (Å²) in [6, 6.07) is 12.3. The lowest BCUT2D eigenvalue weighted by Gasteiger charge is -2.23. The standard InChI is InChI=1S/C18H21N2O7P/c1-13(2)25-18(21)14(3)19-28(24,26-16-7-5-4-6-8-16)27-17-11-9-15(10-12-17)20(22)23/h4-14H,1-3H3,(H,19,24)/t14-,28-/m0/s1. The van der Waals surface area contributed by atoms with E-state index in [2.05, 4.69) is 5.09 Å². The van der Waals surface area contributed by atoms with Gasteiger partial charge in [-0.2, -0.15) is 5.09 Å². The topological polar surface area (TPSA) is 117 Å². The maximum atomic E-state index is 13.3. The summed E-state index contributed by atoms with van der Waals surface area (Å²) in [6.07, 6.45) is -0.346. The number of nitro groups is 1. The van der Waals surface area contributed by atoms with Gasteiger partial charge in [-0.25, -0.2) is 4.57 Å². The van der Waals surface area contributed by atoms with Crippen molar-refractivity contribution in [2.24, 2.45) is 0 Å². The Morgan fingerprint density at radius 3 is 2.04 bits per heavy atom. The monoisotopic (exact) mass is 408 g/mol. The number of ether oxygens (including phenoxy) is 1. The van der Waals surface area contributed by atoms with E-state index in [1.165, 1.54) is 31.2 Å². The first-order valence-corrected chi connectivity index (χ1v) is 10.00. The van der Waals surface area contributed by atoms with Crippen molar-refractivity contribution in [2.45, 2.75) is 32.9 Å². The number of nitrogens with one attached hydrogen (secondary N) is 1. The number of nitro benzene ring substituents is 1. The van der Waals surface area contributed by atoms with E-state index in [-0.39, 0.29) is 23.3 Å². The maximum absolute atomic E-state index is 13.3. The van der Waals surface area contributed by atoms with Crippen LogP contribution in [0.5, 0.6) is 11.5 Å². The number of hydrogen-bond acceptors (Lipinski definition) is 7. The quantitative estimate of drug-likeness (QED) is 0.285. The number of nitrogens with zero attached hydrogens (tertiary/aromatic N) is 1. The average molecular weight is 408 g/mol. The Morgan fingerprint density at radius 1 is 1.00 bits per heavy atom. The Bertz CT molecular complexity index is 856. The van der Waals surface area contributed by atoms with Gasteiger partial charge in [-0.15, -0.1) is 0 Å². The summed E-state index contributed by atoms with van der Waals surface area (Å²) in [6.45, 7) is 4.85. The molecule has 10 heteroatoms. The van der Waals surface area contributed by atoms with Gasteiger partial charge in [-0.3, -0.25) is 14.9 Å². The predicted molar refractivity (Wildman–Crippen MR) is 102 cm³/mol. The number of rotatable bonds is 9. The van der Waals surface area contributed by atoms with Crippen molar-refractivity contribution < 1.29 is 28.1 Å². The number of carbonyl (C=O) groups is 1. The second-order valence-electron chi connectivity index (χ2n) is 6.08. The molecule has 2 atom stereocenters. The molecular weight excluding hydrogens is 387 g/mol. The van der Waals surface area contributed by atoms with E-state index in [4.69, 9.17) is 13.8 Å². The lowest BCUT2D eigenvalue weighted by Crippen LogP contribution is -2.36. The fourth-order valence-corrected chi connectivity index (χ4v) is 3.60. The summed E-state index contributed by atoms with van der Waals surface area (Å²) in [7, 11) is -4.08. The molecule has 0 fully saturated rings. The van der Waals surface area contributed by atoms with E-state index >= 15 is 0 Å². The Labute approximate surface area is 162 Å². The van der Waals surface area contributed by atoms with Crippen LogP contribution in [0.2, 0.25) is 0 Å². The molecule has 0 amide bonds. The molecule has 0 aliphatic carbocycles. The largest absolute Gasteiger partial charge is 0.513 e. The summed E-state index contributed by atoms with van der Waals surface area (Å²) in [4.78, 5) is 22.3. The third-order valence-electron chi connectivity index (χ3n) is 3.30. The minimum atomic E-state index is -4.08. The Hall–Kier alpha value is -2.90. The molecule has 9 nitrogen and oxygen atoms in total. The van der Waals surface area contributed by atoms with Crippen molar-refractivity contribution in [3.63, 3.8) is 0 Å². The molecule has 0 unspecified atom stereocenters. The van der Waals surface area contributed by atoms with Gasteiger partial charge in [0.05, 0.1) is 11.0 Å². The fraction of sp³-hybridized carbons (Fsp3) is 0.278. The van der Waals surface area contributed by atoms with Crippen LogP contribution >= 0.6 is 7.75 Å². The van der Waals surface area contributed by atoms with Gasteiger partial charge in [0.15, 0.2) is 0 Å². The van der Waals surface area contributed by atoms with E-state index in [0.717, 1.165) is 0 Å². The maximum Gasteiger partial charge on any atom is 0.513 e. The Morgan fingerprint density at radius 2 is 1.54 bits per heavy atom. The van der Waals surface area contributed by atoms with Crippen LogP contribution in [0.15, 0.2) is 54.6 Å². The van der Waals surface area contributed by atoms with Crippen LogP contribution in [0.4, 0.5) is 5.69 Å². The molecule has 0 aliphatic rings. The minimum absolute atomic E-state index is 0.0711. The minimum Gasteiger partial charge on any atom is -0.462 e. The summed E-state index contributed by atoms with van der Waals surface area (Å²) < 4.78 is 29.3. The zero-order valence-corrected chi connectivity index (χ0v) is 16.5. The molecule has 0 saturated heterocycles. The van der Waals surface area contributed by atoms with E-state index in [1.807, 2.05) is 0 Å². The lowest BCUT2D eigenvalue weighted by atomic mass is 10.3. The van der Waals surface area contributed by atoms with Gasteiger partial charge in [0, 0.05) is 12.1 Å². The van der Waals surface area contributed by atoms with Crippen molar-refractivity contribution in [1.82, 2.24) is 5.09 Å². The summed E-state index contributed by atoms with van der Waals surface area (Å²) >= 11 is 0. The van der Waals surface area contributed by atoms with E-state index in [0.29, 0.717) is 0 Å². The van der Waals surface area contributed by atoms with E-state index < -0.39 is 24.7 Å². The van der Waals surface area contributed by atoms with Gasteiger partial charge in [-0.1, -0.05) is 18.2 Å². The average Bonchev–Trinajstić information content (AvgIpc) is 2.62. The highest BCUT2D eigenvalue weighted by Crippen LogP contribution is 2.45. The molecule has 0 saturated carbocycles. The third kappa shape index (κ3) is 6.37. The molecule has 2 aromatic rings. The van der Waals surface area contributed by atoms with Crippen LogP contribution in [0.3, 0.4) is 0 Å². The molecule has 2 aromatic carbocycles. The van der Waals surface area contributed by atoms with Crippen LogP contribution in [0.1, 0.15) is 20.8 Å². The molecule has 28 heavy (non-hydrogen) atoms. The van der Waals surface area contributed by atoms with Crippen LogP contribution in [0.25, 0.3) is 0 Å². The lowest BCUT2D eigenvalue weighted by molar-refractivity contribution is -0.384. The first-order chi connectivity index (χ1) is 13.2. The summed E-state index contributed by atoms with van der Waals surface area (Å²) in [5.41, 5.74) is -0.145. The third-order valence-corrected chi connectivity index (χ3v) is 4.90. The van der Waals surface area contributed by atoms with Gasteiger partial charge in [-0.05, 0) is 45.0 Å². The molecule has 2 rings (SSSR count). The fourth-order valence-electron chi connectivity index (χ4n) is 2.08. The first kappa shape index (κ1) is 21.4. The summed E-state index contributed by atoms with van der Waals surface area (Å²) in [5.74, 6) is -0.300. The first-order valence-electron chi connectivity index (χ1n) is 8.45. The number of para-hydroxylation sites is 1. The van der Waals surface area contributed by atoms with Crippen LogP contribution in [0, 0.1) is 10.1 Å². The molecular formula is C18H21N2O7P. The normalized spacial score (nSPS) is 14.0. The van der Waals surface area contributed by atoms with Gasteiger partial charge in [0.1, 0.15) is 17.5 Å². The molecule has 0 bridgehead atoms. The molecule has 150 valence electrons. The van der Waals surface area contributed by atoms with Crippen LogP contribution in [-0.2, 0) is 14.1 Å². The second-order valence-corrected chi connectivity index (χ2v) is 7.70. The highest BCUT2D eigenvalue weighted by molar-refractivity contribution is 7.52. The molecule has 0 heterocycles. The molecule has 0 aliphatic heterocycles. The molecule has 0 spiro atoms. The van der Waals surface area contributed by atoms with Gasteiger partial charge in [0.25, 0.3) is 5.69 Å². The van der Waals surface area contributed by atoms with Crippen LogP contribution in [-0.4, -0.2) is 23.0 Å². The predicted octanol–water partition coefficient (Wildman–Crippen LogP) is 4.09. The summed E-state index contributed by atoms with van der Waals surface area (Å²) in [5, 5.41) is 13.3. The Kier molecular flexibility index (Phi) is 7.14. The molecule has 0 radical (unpaired) electrons. The smallest absolute Gasteiger partial charge is 0.462 e. The number of carbonyl (C=O) groups excluding carboxylic acids is 1. The SMILES string of the molecule is CC(C)OC(=O)[C@H](C)N[P@](=O)(Oc1ccccc1)Oc1ccc([N+](=O)[O-])cc1. The zero-order chi connectivity index (χ0) is 20.7. The van der Waals surface area contributed by atoms with Gasteiger partial charge < -0.3 is 13.8 Å². The van der Waals surface area contributed by atoms with Crippen molar-refractivity contribution >= 4 is 19.4 Å². The van der Waals surface area contributed by atoms with Gasteiger partial charge in [0.2, 0.25) is 0 Å². The van der Waals surface area contributed by atoms with Crippen molar-refractivity contribution in [2.75, 3.05) is 0 Å². The van der Waals surface area contributed by atoms with Crippen molar-refractivity contribution in [3.8, 4) is 11.5 Å². The zero-order valence-electron chi connectivity index (χ0n) is 15.6. The van der Waals surface area contributed by atoms with Crippen molar-refractivity contribution in [3.05, 3.63) is 64.7 Å². The molecule has 0 aromatic heterocycles. The highest BCUT2D eigenvalue weighted by Gasteiger charge is 2.34. The van der Waals surface area contributed by atoms with Crippen LogP contribution < -0.4 is 14.1 Å². The molecule has 1 N–H and O–H groups in total. The van der Waals surface area contributed by atoms with Crippen molar-refractivity contribution in [1.29, 1.82) is 0 Å².